The number of carbonyl (C=O) groups excluding carboxylic acids is 1. The molecule has 1 saturated heterocycles. The molecule has 0 unspecified atom stereocenters. The standard InChI is InChI=1S/C12H13F2NO/c13-9-1-2-11(14)10(7-9)12(16)8-3-5-15-6-4-8/h1-2,7-8,15H,3-6H2. The molecule has 0 radical (unpaired) electrons. The predicted molar refractivity (Wildman–Crippen MR) is 56.3 cm³/mol. The van der Waals surface area contributed by atoms with E-state index in [9.17, 15) is 13.6 Å². The van der Waals surface area contributed by atoms with Crippen LogP contribution in [0, 0.1) is 17.6 Å². The molecule has 1 aliphatic rings. The Hall–Kier alpha value is -1.29. The molecule has 2 nitrogen and oxygen atoms in total. The summed E-state index contributed by atoms with van der Waals surface area (Å²) in [5, 5.41) is 3.13. The third-order valence-corrected chi connectivity index (χ3v) is 2.90. The second-order valence-electron chi connectivity index (χ2n) is 4.01. The first-order valence-electron chi connectivity index (χ1n) is 5.38. The average Bonchev–Trinajstić information content (AvgIpc) is 2.32. The maximum Gasteiger partial charge on any atom is 0.169 e. The first-order valence-corrected chi connectivity index (χ1v) is 5.38. The van der Waals surface area contributed by atoms with Crippen molar-refractivity contribution in [2.75, 3.05) is 13.1 Å². The Morgan fingerprint density at radius 1 is 1.25 bits per heavy atom. The van der Waals surface area contributed by atoms with Crippen molar-refractivity contribution >= 4 is 5.78 Å². The van der Waals surface area contributed by atoms with Gasteiger partial charge in [0.2, 0.25) is 0 Å². The SMILES string of the molecule is O=C(c1cc(F)ccc1F)C1CCNCC1. The maximum atomic E-state index is 13.4. The quantitative estimate of drug-likeness (QED) is 0.781. The van der Waals surface area contributed by atoms with Crippen LogP contribution in [-0.2, 0) is 0 Å². The highest BCUT2D eigenvalue weighted by molar-refractivity contribution is 5.98. The first-order chi connectivity index (χ1) is 7.68. The van der Waals surface area contributed by atoms with Crippen LogP contribution in [0.3, 0.4) is 0 Å². The number of ketones is 1. The molecule has 1 fully saturated rings. The van der Waals surface area contributed by atoms with Gasteiger partial charge in [0.1, 0.15) is 11.6 Å². The van der Waals surface area contributed by atoms with Crippen molar-refractivity contribution in [1.29, 1.82) is 0 Å². The fourth-order valence-corrected chi connectivity index (χ4v) is 1.99. The zero-order valence-electron chi connectivity index (χ0n) is 8.80. The monoisotopic (exact) mass is 225 g/mol. The largest absolute Gasteiger partial charge is 0.317 e. The number of benzene rings is 1. The maximum absolute atomic E-state index is 13.4. The van der Waals surface area contributed by atoms with E-state index in [4.69, 9.17) is 0 Å². The third-order valence-electron chi connectivity index (χ3n) is 2.90. The number of nitrogens with one attached hydrogen (secondary N) is 1. The molecule has 0 bridgehead atoms. The Balaban J connectivity index is 2.22. The van der Waals surface area contributed by atoms with Crippen molar-refractivity contribution in [3.8, 4) is 0 Å². The van der Waals surface area contributed by atoms with Crippen LogP contribution in [0.25, 0.3) is 0 Å². The summed E-state index contributed by atoms with van der Waals surface area (Å²) in [6, 6.07) is 3.01. The Labute approximate surface area is 92.7 Å². The van der Waals surface area contributed by atoms with Gasteiger partial charge >= 0.3 is 0 Å². The van der Waals surface area contributed by atoms with Gasteiger partial charge in [-0.3, -0.25) is 4.79 Å². The lowest BCUT2D eigenvalue weighted by molar-refractivity contribution is 0.0890. The normalized spacial score (nSPS) is 17.4. The van der Waals surface area contributed by atoms with Crippen LogP contribution < -0.4 is 5.32 Å². The summed E-state index contributed by atoms with van der Waals surface area (Å²) in [6.07, 6.45) is 1.38. The van der Waals surface area contributed by atoms with Crippen LogP contribution in [0.15, 0.2) is 18.2 Å². The van der Waals surface area contributed by atoms with Crippen LogP contribution in [-0.4, -0.2) is 18.9 Å². The number of hydrogen-bond acceptors (Lipinski definition) is 2. The van der Waals surface area contributed by atoms with Crippen LogP contribution in [0.1, 0.15) is 23.2 Å². The van der Waals surface area contributed by atoms with E-state index >= 15 is 0 Å². The lowest BCUT2D eigenvalue weighted by Gasteiger charge is -2.21. The van der Waals surface area contributed by atoms with Gasteiger partial charge in [0, 0.05) is 5.92 Å². The van der Waals surface area contributed by atoms with Crippen molar-refractivity contribution in [3.63, 3.8) is 0 Å². The summed E-state index contributed by atoms with van der Waals surface area (Å²) in [7, 11) is 0. The van der Waals surface area contributed by atoms with E-state index < -0.39 is 11.6 Å². The highest BCUT2D eigenvalue weighted by atomic mass is 19.1. The molecule has 1 aromatic rings. The van der Waals surface area contributed by atoms with Gasteiger partial charge in [-0.1, -0.05) is 0 Å². The number of halogens is 2. The predicted octanol–water partition coefficient (Wildman–Crippen LogP) is 2.15. The minimum atomic E-state index is -0.634. The van der Waals surface area contributed by atoms with E-state index in [1.54, 1.807) is 0 Å². The second kappa shape index (κ2) is 4.70. The minimum Gasteiger partial charge on any atom is -0.317 e. The van der Waals surface area contributed by atoms with E-state index in [1.165, 1.54) is 0 Å². The summed E-state index contributed by atoms with van der Waals surface area (Å²) < 4.78 is 26.3. The van der Waals surface area contributed by atoms with Gasteiger partial charge in [0.05, 0.1) is 5.56 Å². The lowest BCUT2D eigenvalue weighted by Crippen LogP contribution is -2.32. The van der Waals surface area contributed by atoms with Crippen LogP contribution >= 0.6 is 0 Å². The van der Waals surface area contributed by atoms with Gasteiger partial charge in [-0.05, 0) is 44.1 Å². The molecular weight excluding hydrogens is 212 g/mol. The summed E-state index contributed by atoms with van der Waals surface area (Å²) in [4.78, 5) is 11.9. The Morgan fingerprint density at radius 2 is 1.94 bits per heavy atom. The molecule has 4 heteroatoms. The molecule has 0 aromatic heterocycles. The molecule has 1 heterocycles. The zero-order valence-corrected chi connectivity index (χ0v) is 8.80. The van der Waals surface area contributed by atoms with Crippen LogP contribution in [0.4, 0.5) is 8.78 Å². The van der Waals surface area contributed by atoms with Crippen molar-refractivity contribution in [1.82, 2.24) is 5.32 Å². The topological polar surface area (TPSA) is 29.1 Å². The summed E-state index contributed by atoms with van der Waals surface area (Å²) >= 11 is 0. The van der Waals surface area contributed by atoms with Crippen molar-refractivity contribution < 1.29 is 13.6 Å². The number of hydrogen-bond donors (Lipinski definition) is 1. The van der Waals surface area contributed by atoms with E-state index in [0.717, 1.165) is 31.3 Å². The Morgan fingerprint density at radius 3 is 2.62 bits per heavy atom. The smallest absolute Gasteiger partial charge is 0.169 e. The average molecular weight is 225 g/mol. The molecule has 0 aliphatic carbocycles. The highest BCUT2D eigenvalue weighted by Crippen LogP contribution is 2.20. The van der Waals surface area contributed by atoms with Gasteiger partial charge in [0.15, 0.2) is 5.78 Å². The molecule has 16 heavy (non-hydrogen) atoms. The minimum absolute atomic E-state index is 0.119. The van der Waals surface area contributed by atoms with Gasteiger partial charge in [-0.15, -0.1) is 0 Å². The number of rotatable bonds is 2. The second-order valence-corrected chi connectivity index (χ2v) is 4.01. The van der Waals surface area contributed by atoms with Gasteiger partial charge in [-0.25, -0.2) is 8.78 Å². The van der Waals surface area contributed by atoms with E-state index in [0.29, 0.717) is 12.8 Å². The van der Waals surface area contributed by atoms with Crippen LogP contribution in [0.5, 0.6) is 0 Å². The molecule has 1 aromatic carbocycles. The Bertz CT molecular complexity index is 400. The van der Waals surface area contributed by atoms with Gasteiger partial charge in [-0.2, -0.15) is 0 Å². The molecule has 86 valence electrons. The molecular formula is C12H13F2NO. The highest BCUT2D eigenvalue weighted by Gasteiger charge is 2.24. The summed E-state index contributed by atoms with van der Waals surface area (Å²) in [6.45, 7) is 1.51. The molecule has 2 rings (SSSR count). The van der Waals surface area contributed by atoms with Crippen molar-refractivity contribution in [2.45, 2.75) is 12.8 Å². The lowest BCUT2D eigenvalue weighted by atomic mass is 9.89. The summed E-state index contributed by atoms with van der Waals surface area (Å²) in [5.41, 5.74) is -0.119. The molecule has 0 saturated carbocycles. The molecule has 0 amide bonds. The fourth-order valence-electron chi connectivity index (χ4n) is 1.99. The summed E-state index contributed by atoms with van der Waals surface area (Å²) in [5.74, 6) is -1.67. The van der Waals surface area contributed by atoms with Crippen molar-refractivity contribution in [3.05, 3.63) is 35.4 Å². The molecule has 1 N–H and O–H groups in total. The molecule has 0 atom stereocenters. The molecule has 0 spiro atoms. The fraction of sp³-hybridized carbons (Fsp3) is 0.417. The van der Waals surface area contributed by atoms with E-state index in [1.807, 2.05) is 0 Å². The van der Waals surface area contributed by atoms with Gasteiger partial charge in [0.25, 0.3) is 0 Å². The number of carbonyl (C=O) groups is 1. The van der Waals surface area contributed by atoms with Crippen molar-refractivity contribution in [2.24, 2.45) is 5.92 Å². The number of piperidine rings is 1. The third kappa shape index (κ3) is 2.27. The van der Waals surface area contributed by atoms with E-state index in [-0.39, 0.29) is 17.3 Å². The first kappa shape index (κ1) is 11.2. The Kier molecular flexibility index (Phi) is 3.29. The van der Waals surface area contributed by atoms with Crippen LogP contribution in [0.2, 0.25) is 0 Å². The van der Waals surface area contributed by atoms with Gasteiger partial charge < -0.3 is 5.32 Å². The van der Waals surface area contributed by atoms with E-state index in [2.05, 4.69) is 5.32 Å². The number of Topliss-reactive ketones (excluding diaryl/α,β-unsaturated/α-hetero) is 1. The molecule has 1 aliphatic heterocycles. The zero-order chi connectivity index (χ0) is 11.5.